The second-order valence-corrected chi connectivity index (χ2v) is 14.2. The van der Waals surface area contributed by atoms with E-state index >= 15 is 0 Å². The highest BCUT2D eigenvalue weighted by Gasteiger charge is 2.21. The van der Waals surface area contributed by atoms with Crippen LogP contribution in [0.1, 0.15) is 52.7 Å². The Morgan fingerprint density at radius 3 is 1.22 bits per heavy atom. The summed E-state index contributed by atoms with van der Waals surface area (Å²) >= 11 is 0. The summed E-state index contributed by atoms with van der Waals surface area (Å²) in [4.78, 5) is 26.2. The molecule has 0 saturated carbocycles. The number of fused-ring (bicyclic) bond motifs is 7. The third-order valence-electron chi connectivity index (χ3n) is 8.94. The van der Waals surface area contributed by atoms with Crippen LogP contribution in [0.2, 0.25) is 0 Å². The van der Waals surface area contributed by atoms with E-state index in [1.807, 2.05) is 36.4 Å². The van der Waals surface area contributed by atoms with Gasteiger partial charge in [0.2, 0.25) is 0 Å². The van der Waals surface area contributed by atoms with Gasteiger partial charge in [-0.1, -0.05) is 90.1 Å². The zero-order valence-electron chi connectivity index (χ0n) is 26.5. The molecule has 46 heavy (non-hydrogen) atoms. The van der Waals surface area contributed by atoms with Crippen LogP contribution >= 0.6 is 0 Å². The molecule has 4 aromatic carbocycles. The molecule has 0 amide bonds. The maximum absolute atomic E-state index is 13.1. The van der Waals surface area contributed by atoms with Gasteiger partial charge in [-0.15, -0.1) is 0 Å². The van der Waals surface area contributed by atoms with Gasteiger partial charge >= 0.3 is 11.3 Å². The first kappa shape index (κ1) is 28.1. The van der Waals surface area contributed by atoms with Crippen LogP contribution in [0.5, 0.6) is 0 Å². The Labute approximate surface area is 263 Å². The van der Waals surface area contributed by atoms with E-state index in [1.54, 1.807) is 12.1 Å². The van der Waals surface area contributed by atoms with Gasteiger partial charge in [-0.05, 0) is 67.8 Å². The van der Waals surface area contributed by atoms with Crippen molar-refractivity contribution >= 4 is 54.6 Å². The fourth-order valence-corrected chi connectivity index (χ4v) is 6.24. The lowest BCUT2D eigenvalue weighted by atomic mass is 9.85. The van der Waals surface area contributed by atoms with Crippen molar-refractivity contribution in [3.05, 3.63) is 117 Å². The molecule has 0 N–H and O–H groups in total. The molecular formula is C40H32O6. The zero-order valence-corrected chi connectivity index (χ0v) is 26.5. The first-order chi connectivity index (χ1) is 21.8. The summed E-state index contributed by atoms with van der Waals surface area (Å²) in [6, 6.07) is 27.3. The number of benzene rings is 4. The molecule has 0 spiro atoms. The van der Waals surface area contributed by atoms with Crippen LogP contribution in [0.3, 0.4) is 0 Å². The van der Waals surface area contributed by atoms with Crippen LogP contribution in [0.15, 0.2) is 112 Å². The van der Waals surface area contributed by atoms with Gasteiger partial charge in [0.25, 0.3) is 0 Å². The highest BCUT2D eigenvalue weighted by atomic mass is 16.4. The molecule has 0 radical (unpaired) electrons. The predicted octanol–water partition coefficient (Wildman–Crippen LogP) is 10.5. The number of furan rings is 2. The molecule has 0 aliphatic rings. The van der Waals surface area contributed by atoms with Crippen molar-refractivity contribution in [3.63, 3.8) is 0 Å². The maximum Gasteiger partial charge on any atom is 0.347 e. The van der Waals surface area contributed by atoms with E-state index in [-0.39, 0.29) is 10.8 Å². The Balaban J connectivity index is 1.21. The third kappa shape index (κ3) is 4.47. The highest BCUT2D eigenvalue weighted by molar-refractivity contribution is 6.08. The lowest BCUT2D eigenvalue weighted by Crippen LogP contribution is -2.10. The van der Waals surface area contributed by atoms with Crippen LogP contribution in [-0.4, -0.2) is 0 Å². The standard InChI is InChI=1S/C40H32O6/c1-39(2,3)23-9-11-25-21(15-23)7-13-31-27(25)17-29(37(41)45-31)33-19-35-36(43-33)20-34(44-35)30-18-28-26-12-10-24(40(4,5)6)16-22(26)8-14-32(28)46-38(30)42/h7-20H,1-6H3. The third-order valence-corrected chi connectivity index (χ3v) is 8.94. The second-order valence-electron chi connectivity index (χ2n) is 14.2. The molecule has 6 nitrogen and oxygen atoms in total. The van der Waals surface area contributed by atoms with E-state index in [2.05, 4.69) is 77.9 Å². The van der Waals surface area contributed by atoms with E-state index in [1.165, 1.54) is 11.1 Å². The Kier molecular flexibility index (Phi) is 5.85. The van der Waals surface area contributed by atoms with Crippen LogP contribution in [0.25, 0.3) is 77.3 Å². The Morgan fingerprint density at radius 2 is 0.826 bits per heavy atom. The minimum Gasteiger partial charge on any atom is -0.452 e. The van der Waals surface area contributed by atoms with Crippen molar-refractivity contribution in [1.29, 1.82) is 0 Å². The molecule has 6 heteroatoms. The summed E-state index contributed by atoms with van der Waals surface area (Å²) in [6.07, 6.45) is 0. The van der Waals surface area contributed by atoms with Crippen LogP contribution in [0.4, 0.5) is 0 Å². The number of hydrogen-bond acceptors (Lipinski definition) is 6. The van der Waals surface area contributed by atoms with Crippen molar-refractivity contribution in [3.8, 4) is 22.6 Å². The quantitative estimate of drug-likeness (QED) is 0.143. The van der Waals surface area contributed by atoms with E-state index in [9.17, 15) is 9.59 Å². The van der Waals surface area contributed by atoms with E-state index in [0.29, 0.717) is 45.0 Å². The van der Waals surface area contributed by atoms with Gasteiger partial charge in [-0.3, -0.25) is 0 Å². The maximum atomic E-state index is 13.1. The molecule has 0 aliphatic heterocycles. The molecule has 4 heterocycles. The predicted molar refractivity (Wildman–Crippen MR) is 184 cm³/mol. The fourth-order valence-electron chi connectivity index (χ4n) is 6.24. The fraction of sp³-hybridized carbons (Fsp3) is 0.200. The second kappa shape index (κ2) is 9.57. The zero-order chi connectivity index (χ0) is 32.1. The van der Waals surface area contributed by atoms with Gasteiger partial charge in [0.1, 0.15) is 33.8 Å². The van der Waals surface area contributed by atoms with Crippen molar-refractivity contribution in [1.82, 2.24) is 0 Å². The Morgan fingerprint density at radius 1 is 0.413 bits per heavy atom. The van der Waals surface area contributed by atoms with Gasteiger partial charge in [-0.2, -0.15) is 0 Å². The summed E-state index contributed by atoms with van der Waals surface area (Å²) in [5.74, 6) is 0.649. The normalized spacial score (nSPS) is 12.7. The topological polar surface area (TPSA) is 86.7 Å². The first-order valence-electron chi connectivity index (χ1n) is 15.4. The molecule has 0 aliphatic carbocycles. The molecule has 0 unspecified atom stereocenters. The average molecular weight is 609 g/mol. The summed E-state index contributed by atoms with van der Waals surface area (Å²) in [5.41, 5.74) is 3.86. The van der Waals surface area contributed by atoms with Gasteiger partial charge in [-0.25, -0.2) is 9.59 Å². The van der Waals surface area contributed by atoms with Gasteiger partial charge < -0.3 is 17.7 Å². The van der Waals surface area contributed by atoms with E-state index in [4.69, 9.17) is 17.7 Å². The molecule has 4 aromatic heterocycles. The van der Waals surface area contributed by atoms with Crippen molar-refractivity contribution in [2.24, 2.45) is 0 Å². The summed E-state index contributed by atoms with van der Waals surface area (Å²) < 4.78 is 23.7. The lowest BCUT2D eigenvalue weighted by Gasteiger charge is -2.19. The molecule has 0 atom stereocenters. The Hall–Kier alpha value is -5.36. The summed E-state index contributed by atoms with van der Waals surface area (Å²) in [5, 5.41) is 5.73. The van der Waals surface area contributed by atoms with Gasteiger partial charge in [0, 0.05) is 22.9 Å². The summed E-state index contributed by atoms with van der Waals surface area (Å²) in [7, 11) is 0. The number of hydrogen-bond donors (Lipinski definition) is 0. The number of rotatable bonds is 2. The molecule has 0 fully saturated rings. The van der Waals surface area contributed by atoms with Crippen molar-refractivity contribution < 1.29 is 17.7 Å². The molecule has 8 rings (SSSR count). The summed E-state index contributed by atoms with van der Waals surface area (Å²) in [6.45, 7) is 13.1. The van der Waals surface area contributed by atoms with Crippen LogP contribution < -0.4 is 11.3 Å². The van der Waals surface area contributed by atoms with Gasteiger partial charge in [0.05, 0.1) is 0 Å². The molecule has 228 valence electrons. The monoisotopic (exact) mass is 608 g/mol. The Bertz CT molecular complexity index is 2430. The van der Waals surface area contributed by atoms with E-state index < -0.39 is 11.3 Å². The molecule has 8 aromatic rings. The highest BCUT2D eigenvalue weighted by Crippen LogP contribution is 2.37. The largest absolute Gasteiger partial charge is 0.452 e. The smallest absolute Gasteiger partial charge is 0.347 e. The minimum absolute atomic E-state index is 0.0103. The average Bonchev–Trinajstić information content (AvgIpc) is 3.58. The van der Waals surface area contributed by atoms with Crippen molar-refractivity contribution in [2.45, 2.75) is 52.4 Å². The van der Waals surface area contributed by atoms with Crippen LogP contribution in [0, 0.1) is 0 Å². The van der Waals surface area contributed by atoms with Crippen molar-refractivity contribution in [2.75, 3.05) is 0 Å². The molecule has 0 bridgehead atoms. The minimum atomic E-state index is -0.508. The molecule has 0 saturated heterocycles. The molecular weight excluding hydrogens is 576 g/mol. The van der Waals surface area contributed by atoms with E-state index in [0.717, 1.165) is 32.3 Å². The van der Waals surface area contributed by atoms with Crippen LogP contribution in [-0.2, 0) is 10.8 Å². The van der Waals surface area contributed by atoms with Gasteiger partial charge in [0.15, 0.2) is 11.2 Å². The SMILES string of the molecule is CC(C)(C)c1ccc2c(ccc3oc(=O)c(-c4cc5oc(-c6cc7c(ccc8cc(C(C)(C)C)ccc87)oc6=O)cc5o4)cc32)c1. The lowest BCUT2D eigenvalue weighted by molar-refractivity contribution is 0.555. The first-order valence-corrected chi connectivity index (χ1v) is 15.4.